The van der Waals surface area contributed by atoms with Crippen LogP contribution >= 0.6 is 0 Å². The lowest BCUT2D eigenvalue weighted by molar-refractivity contribution is -0.131. The van der Waals surface area contributed by atoms with Crippen LogP contribution in [0.4, 0.5) is 0 Å². The Balaban J connectivity index is 2.78. The van der Waals surface area contributed by atoms with Crippen molar-refractivity contribution in [2.24, 2.45) is 0 Å². The maximum absolute atomic E-state index is 10.2. The van der Waals surface area contributed by atoms with Crippen LogP contribution in [0, 0.1) is 0 Å². The lowest BCUT2D eigenvalue weighted by atomic mass is 10.1. The molecule has 0 aromatic carbocycles. The van der Waals surface area contributed by atoms with Crippen molar-refractivity contribution < 1.29 is 9.90 Å². The molecule has 0 atom stereocenters. The Labute approximate surface area is 83.1 Å². The molecule has 1 heterocycles. The first kappa shape index (κ1) is 10.4. The second-order valence-electron chi connectivity index (χ2n) is 3.34. The molecule has 3 nitrogen and oxygen atoms in total. The van der Waals surface area contributed by atoms with Gasteiger partial charge in [0.15, 0.2) is 0 Å². The zero-order valence-electron chi connectivity index (χ0n) is 8.27. The number of carboxylic acids is 1. The number of hydrogen-bond acceptors (Lipinski definition) is 2. The third-order valence-electron chi connectivity index (χ3n) is 1.82. The van der Waals surface area contributed by atoms with E-state index in [-0.39, 0.29) is 0 Å². The van der Waals surface area contributed by atoms with Gasteiger partial charge < -0.3 is 5.11 Å². The number of aliphatic carboxylic acids is 1. The quantitative estimate of drug-likeness (QED) is 0.746. The van der Waals surface area contributed by atoms with Crippen molar-refractivity contribution in [2.75, 3.05) is 0 Å². The van der Waals surface area contributed by atoms with Crippen LogP contribution in [0.15, 0.2) is 24.4 Å². The molecule has 0 saturated heterocycles. The Kier molecular flexibility index (Phi) is 3.40. The molecule has 3 heteroatoms. The second kappa shape index (κ2) is 4.56. The van der Waals surface area contributed by atoms with Gasteiger partial charge in [0, 0.05) is 18.0 Å². The normalized spacial score (nSPS) is 11.1. The van der Waals surface area contributed by atoms with Crippen molar-refractivity contribution in [3.8, 4) is 0 Å². The third kappa shape index (κ3) is 3.01. The summed E-state index contributed by atoms with van der Waals surface area (Å²) in [6.07, 6.45) is 4.31. The Morgan fingerprint density at radius 2 is 2.21 bits per heavy atom. The molecule has 1 aromatic heterocycles. The molecular formula is C11H13NO2. The van der Waals surface area contributed by atoms with E-state index < -0.39 is 5.97 Å². The molecule has 0 aliphatic carbocycles. The fraction of sp³-hybridized carbons (Fsp3) is 0.273. The van der Waals surface area contributed by atoms with E-state index in [1.165, 1.54) is 6.08 Å². The Morgan fingerprint density at radius 3 is 2.64 bits per heavy atom. The molecule has 0 spiro atoms. The topological polar surface area (TPSA) is 50.2 Å². The standard InChI is InChI=1S/C11H13NO2/c1-8(2)10-5-3-9(7-12-10)4-6-11(13)14/h3-8H,1-2H3,(H,13,14)/b6-4+. The van der Waals surface area contributed by atoms with Gasteiger partial charge in [-0.05, 0) is 23.6 Å². The zero-order chi connectivity index (χ0) is 10.6. The van der Waals surface area contributed by atoms with Crippen LogP contribution in [0.25, 0.3) is 6.08 Å². The van der Waals surface area contributed by atoms with Crippen LogP contribution < -0.4 is 0 Å². The first-order valence-corrected chi connectivity index (χ1v) is 4.46. The van der Waals surface area contributed by atoms with Crippen LogP contribution in [0.5, 0.6) is 0 Å². The number of carbonyl (C=O) groups is 1. The highest BCUT2D eigenvalue weighted by molar-refractivity contribution is 5.85. The fourth-order valence-corrected chi connectivity index (χ4v) is 1.02. The molecule has 0 aliphatic heterocycles. The number of hydrogen-bond donors (Lipinski definition) is 1. The van der Waals surface area contributed by atoms with Gasteiger partial charge in [-0.3, -0.25) is 4.98 Å². The van der Waals surface area contributed by atoms with E-state index in [0.717, 1.165) is 17.3 Å². The monoisotopic (exact) mass is 191 g/mol. The van der Waals surface area contributed by atoms with Gasteiger partial charge >= 0.3 is 5.97 Å². The minimum Gasteiger partial charge on any atom is -0.478 e. The van der Waals surface area contributed by atoms with Crippen molar-refractivity contribution >= 4 is 12.0 Å². The van der Waals surface area contributed by atoms with Crippen LogP contribution in [-0.4, -0.2) is 16.1 Å². The van der Waals surface area contributed by atoms with E-state index in [1.54, 1.807) is 6.20 Å². The summed E-state index contributed by atoms with van der Waals surface area (Å²) in [5, 5.41) is 8.41. The van der Waals surface area contributed by atoms with Gasteiger partial charge in [0.2, 0.25) is 0 Å². The van der Waals surface area contributed by atoms with Gasteiger partial charge in [0.1, 0.15) is 0 Å². The second-order valence-corrected chi connectivity index (χ2v) is 3.34. The summed E-state index contributed by atoms with van der Waals surface area (Å²) in [5.74, 6) is -0.551. The maximum atomic E-state index is 10.2. The molecule has 1 aromatic rings. The van der Waals surface area contributed by atoms with E-state index in [0.29, 0.717) is 5.92 Å². The largest absolute Gasteiger partial charge is 0.478 e. The first-order valence-electron chi connectivity index (χ1n) is 4.46. The minimum absolute atomic E-state index is 0.396. The molecule has 0 unspecified atom stereocenters. The van der Waals surface area contributed by atoms with Gasteiger partial charge in [0.05, 0.1) is 0 Å². The summed E-state index contributed by atoms with van der Waals surface area (Å²) in [6, 6.07) is 3.77. The highest BCUT2D eigenvalue weighted by Gasteiger charge is 1.98. The average molecular weight is 191 g/mol. The average Bonchev–Trinajstić information content (AvgIpc) is 2.15. The molecule has 1 rings (SSSR count). The van der Waals surface area contributed by atoms with E-state index in [9.17, 15) is 4.79 Å². The van der Waals surface area contributed by atoms with Gasteiger partial charge in [0.25, 0.3) is 0 Å². The molecule has 0 amide bonds. The van der Waals surface area contributed by atoms with Crippen LogP contribution in [0.2, 0.25) is 0 Å². The predicted molar refractivity (Wildman–Crippen MR) is 55.0 cm³/mol. The number of nitrogens with zero attached hydrogens (tertiary/aromatic N) is 1. The summed E-state index contributed by atoms with van der Waals surface area (Å²) in [4.78, 5) is 14.5. The molecule has 14 heavy (non-hydrogen) atoms. The van der Waals surface area contributed by atoms with Crippen LogP contribution in [-0.2, 0) is 4.79 Å². The Morgan fingerprint density at radius 1 is 1.50 bits per heavy atom. The molecule has 0 aliphatic rings. The number of aromatic nitrogens is 1. The number of carboxylic acid groups (broad SMARTS) is 1. The first-order chi connectivity index (χ1) is 6.59. The predicted octanol–water partition coefficient (Wildman–Crippen LogP) is 2.30. The molecule has 0 bridgehead atoms. The molecule has 74 valence electrons. The number of rotatable bonds is 3. The highest BCUT2D eigenvalue weighted by atomic mass is 16.4. The van der Waals surface area contributed by atoms with Crippen molar-refractivity contribution in [3.05, 3.63) is 35.7 Å². The van der Waals surface area contributed by atoms with Gasteiger partial charge in [-0.15, -0.1) is 0 Å². The zero-order valence-corrected chi connectivity index (χ0v) is 8.27. The van der Waals surface area contributed by atoms with E-state index in [4.69, 9.17) is 5.11 Å². The molecule has 0 fully saturated rings. The Hall–Kier alpha value is -1.64. The molecule has 0 radical (unpaired) electrons. The van der Waals surface area contributed by atoms with E-state index in [2.05, 4.69) is 18.8 Å². The number of pyridine rings is 1. The van der Waals surface area contributed by atoms with Gasteiger partial charge in [-0.1, -0.05) is 19.9 Å². The van der Waals surface area contributed by atoms with Gasteiger partial charge in [-0.25, -0.2) is 4.79 Å². The van der Waals surface area contributed by atoms with Crippen molar-refractivity contribution in [1.82, 2.24) is 4.98 Å². The Bertz CT molecular complexity index is 339. The van der Waals surface area contributed by atoms with Crippen molar-refractivity contribution in [2.45, 2.75) is 19.8 Å². The molecular weight excluding hydrogens is 178 g/mol. The lowest BCUT2D eigenvalue weighted by Crippen LogP contribution is -1.92. The smallest absolute Gasteiger partial charge is 0.328 e. The highest BCUT2D eigenvalue weighted by Crippen LogP contribution is 2.11. The SMILES string of the molecule is CC(C)c1ccc(/C=C/C(=O)O)cn1. The van der Waals surface area contributed by atoms with Crippen LogP contribution in [0.3, 0.4) is 0 Å². The van der Waals surface area contributed by atoms with Crippen molar-refractivity contribution in [3.63, 3.8) is 0 Å². The molecule has 0 saturated carbocycles. The summed E-state index contributed by atoms with van der Waals surface area (Å²) >= 11 is 0. The fourth-order valence-electron chi connectivity index (χ4n) is 1.02. The third-order valence-corrected chi connectivity index (χ3v) is 1.82. The van der Waals surface area contributed by atoms with E-state index in [1.807, 2.05) is 12.1 Å². The van der Waals surface area contributed by atoms with Crippen molar-refractivity contribution in [1.29, 1.82) is 0 Å². The summed E-state index contributed by atoms with van der Waals surface area (Å²) in [5.41, 5.74) is 1.81. The summed E-state index contributed by atoms with van der Waals surface area (Å²) in [7, 11) is 0. The van der Waals surface area contributed by atoms with E-state index >= 15 is 0 Å². The summed E-state index contributed by atoms with van der Waals surface area (Å²) < 4.78 is 0. The lowest BCUT2D eigenvalue weighted by Gasteiger charge is -2.02. The maximum Gasteiger partial charge on any atom is 0.328 e. The summed E-state index contributed by atoms with van der Waals surface area (Å²) in [6.45, 7) is 4.13. The van der Waals surface area contributed by atoms with Crippen LogP contribution in [0.1, 0.15) is 31.0 Å². The van der Waals surface area contributed by atoms with Gasteiger partial charge in [-0.2, -0.15) is 0 Å². The molecule has 1 N–H and O–H groups in total. The minimum atomic E-state index is -0.946.